The molecule has 1 aromatic carbocycles. The molecule has 1 aromatic heterocycles. The molecule has 0 saturated carbocycles. The first-order chi connectivity index (χ1) is 11.8. The predicted molar refractivity (Wildman–Crippen MR) is 93.4 cm³/mol. The molecule has 2 saturated heterocycles. The zero-order chi connectivity index (χ0) is 16.4. The number of fused-ring (bicyclic) bond motifs is 1. The Hall–Kier alpha value is -1.75. The van der Waals surface area contributed by atoms with Gasteiger partial charge in [0.25, 0.3) is 0 Å². The van der Waals surface area contributed by atoms with Gasteiger partial charge in [-0.15, -0.1) is 0 Å². The lowest BCUT2D eigenvalue weighted by molar-refractivity contribution is -0.0561. The van der Waals surface area contributed by atoms with E-state index in [1.165, 1.54) is 5.56 Å². The highest BCUT2D eigenvalue weighted by Crippen LogP contribution is 2.41. The Bertz CT molecular complexity index is 674. The van der Waals surface area contributed by atoms with Gasteiger partial charge in [-0.05, 0) is 30.0 Å². The fourth-order valence-electron chi connectivity index (χ4n) is 4.12. The minimum atomic E-state index is -0.0495. The number of ether oxygens (including phenoxy) is 1. The highest BCUT2D eigenvalue weighted by atomic mass is 16.5. The summed E-state index contributed by atoms with van der Waals surface area (Å²) in [5.41, 5.74) is 3.41. The molecule has 4 heteroatoms. The van der Waals surface area contributed by atoms with Crippen molar-refractivity contribution in [1.29, 1.82) is 0 Å². The molecule has 0 amide bonds. The first kappa shape index (κ1) is 15.8. The maximum Gasteiger partial charge on any atom is 0.0701 e. The Balaban J connectivity index is 1.45. The van der Waals surface area contributed by atoms with E-state index in [2.05, 4.69) is 34.1 Å². The van der Waals surface area contributed by atoms with Gasteiger partial charge >= 0.3 is 0 Å². The van der Waals surface area contributed by atoms with Crippen LogP contribution >= 0.6 is 0 Å². The number of nitrogens with zero attached hydrogens (tertiary/aromatic N) is 2. The van der Waals surface area contributed by atoms with Gasteiger partial charge in [-0.3, -0.25) is 9.88 Å². The molecule has 2 atom stereocenters. The molecule has 2 aliphatic heterocycles. The Kier molecular flexibility index (Phi) is 4.35. The maximum atomic E-state index is 9.88. The predicted octanol–water partition coefficient (Wildman–Crippen LogP) is 2.58. The molecule has 0 radical (unpaired) electrons. The molecule has 2 aromatic rings. The molecular formula is C20H24N2O2. The van der Waals surface area contributed by atoms with Crippen LogP contribution in [-0.4, -0.2) is 47.9 Å². The molecule has 4 rings (SSSR count). The number of aliphatic hydroxyl groups excluding tert-OH is 1. The molecule has 126 valence electrons. The number of hydrogen-bond donors (Lipinski definition) is 1. The van der Waals surface area contributed by atoms with Crippen LogP contribution in [0, 0.1) is 11.3 Å². The number of pyridine rings is 1. The highest BCUT2D eigenvalue weighted by molar-refractivity contribution is 5.58. The topological polar surface area (TPSA) is 45.6 Å². The third-order valence-electron chi connectivity index (χ3n) is 5.52. The standard InChI is InChI=1S/C20H24N2O2/c23-14-20-13-22(12-18(20)8-10-24-15-20)11-16-4-6-17(7-5-16)19-3-1-2-9-21-19/h1-7,9,18,23H,8,10-15H2/t18-,20+/m0/s1. The Labute approximate surface area is 143 Å². The van der Waals surface area contributed by atoms with Crippen LogP contribution in [0.15, 0.2) is 48.7 Å². The minimum Gasteiger partial charge on any atom is -0.396 e. The fraction of sp³-hybridized carbons (Fsp3) is 0.450. The van der Waals surface area contributed by atoms with Crippen LogP contribution in [0.4, 0.5) is 0 Å². The lowest BCUT2D eigenvalue weighted by Gasteiger charge is -2.36. The second-order valence-corrected chi connectivity index (χ2v) is 7.14. The van der Waals surface area contributed by atoms with Crippen molar-refractivity contribution < 1.29 is 9.84 Å². The molecule has 2 aliphatic rings. The summed E-state index contributed by atoms with van der Waals surface area (Å²) in [5.74, 6) is 0.559. The second kappa shape index (κ2) is 6.63. The van der Waals surface area contributed by atoms with Gasteiger partial charge in [-0.25, -0.2) is 0 Å². The van der Waals surface area contributed by atoms with E-state index >= 15 is 0 Å². The van der Waals surface area contributed by atoms with E-state index in [1.807, 2.05) is 24.4 Å². The van der Waals surface area contributed by atoms with Gasteiger partial charge in [0.05, 0.1) is 18.9 Å². The van der Waals surface area contributed by atoms with E-state index in [0.717, 1.165) is 43.9 Å². The molecule has 1 N–H and O–H groups in total. The monoisotopic (exact) mass is 324 g/mol. The molecule has 0 aliphatic carbocycles. The second-order valence-electron chi connectivity index (χ2n) is 7.14. The van der Waals surface area contributed by atoms with Crippen molar-refractivity contribution in [3.63, 3.8) is 0 Å². The molecule has 2 fully saturated rings. The average Bonchev–Trinajstić information content (AvgIpc) is 3.01. The van der Waals surface area contributed by atoms with Gasteiger partial charge < -0.3 is 9.84 Å². The number of aromatic nitrogens is 1. The minimum absolute atomic E-state index is 0.0495. The summed E-state index contributed by atoms with van der Waals surface area (Å²) >= 11 is 0. The van der Waals surface area contributed by atoms with E-state index in [0.29, 0.717) is 12.5 Å². The zero-order valence-corrected chi connectivity index (χ0v) is 13.9. The van der Waals surface area contributed by atoms with Crippen LogP contribution in [0.1, 0.15) is 12.0 Å². The van der Waals surface area contributed by atoms with E-state index in [4.69, 9.17) is 4.74 Å². The van der Waals surface area contributed by atoms with Crippen LogP contribution in [0.25, 0.3) is 11.3 Å². The van der Waals surface area contributed by atoms with Crippen LogP contribution in [0.3, 0.4) is 0 Å². The average molecular weight is 324 g/mol. The third kappa shape index (κ3) is 2.97. The van der Waals surface area contributed by atoms with E-state index in [1.54, 1.807) is 0 Å². The van der Waals surface area contributed by atoms with Gasteiger partial charge in [-0.1, -0.05) is 30.3 Å². The number of hydrogen-bond acceptors (Lipinski definition) is 4. The number of benzene rings is 1. The quantitative estimate of drug-likeness (QED) is 0.939. The summed E-state index contributed by atoms with van der Waals surface area (Å²) in [5, 5.41) is 9.88. The van der Waals surface area contributed by atoms with Crippen molar-refractivity contribution in [3.05, 3.63) is 54.2 Å². The van der Waals surface area contributed by atoms with Crippen molar-refractivity contribution in [3.8, 4) is 11.3 Å². The van der Waals surface area contributed by atoms with Gasteiger partial charge in [-0.2, -0.15) is 0 Å². The summed E-state index contributed by atoms with van der Waals surface area (Å²) < 4.78 is 5.65. The number of aliphatic hydroxyl groups is 1. The molecule has 3 heterocycles. The summed E-state index contributed by atoms with van der Waals surface area (Å²) in [6.45, 7) is 4.68. The molecule has 4 nitrogen and oxygen atoms in total. The van der Waals surface area contributed by atoms with E-state index < -0.39 is 0 Å². The van der Waals surface area contributed by atoms with Gasteiger partial charge in [0.2, 0.25) is 0 Å². The highest BCUT2D eigenvalue weighted by Gasteiger charge is 2.47. The first-order valence-electron chi connectivity index (χ1n) is 8.70. The van der Waals surface area contributed by atoms with Crippen molar-refractivity contribution in [2.45, 2.75) is 13.0 Å². The van der Waals surface area contributed by atoms with E-state index in [9.17, 15) is 5.11 Å². The summed E-state index contributed by atoms with van der Waals surface area (Å²) in [6.07, 6.45) is 2.89. The summed E-state index contributed by atoms with van der Waals surface area (Å²) in [6, 6.07) is 14.6. The molecule has 0 bridgehead atoms. The van der Waals surface area contributed by atoms with Crippen LogP contribution < -0.4 is 0 Å². The number of rotatable bonds is 4. The van der Waals surface area contributed by atoms with Crippen molar-refractivity contribution in [2.24, 2.45) is 11.3 Å². The summed E-state index contributed by atoms with van der Waals surface area (Å²) in [4.78, 5) is 6.86. The van der Waals surface area contributed by atoms with Gasteiger partial charge in [0.1, 0.15) is 0 Å². The van der Waals surface area contributed by atoms with Crippen LogP contribution in [0.5, 0.6) is 0 Å². The fourth-order valence-corrected chi connectivity index (χ4v) is 4.12. The Morgan fingerprint density at radius 2 is 2.08 bits per heavy atom. The van der Waals surface area contributed by atoms with Gasteiger partial charge in [0, 0.05) is 43.4 Å². The lowest BCUT2D eigenvalue weighted by Crippen LogP contribution is -2.42. The molecular weight excluding hydrogens is 300 g/mol. The van der Waals surface area contributed by atoms with Crippen molar-refractivity contribution in [1.82, 2.24) is 9.88 Å². The van der Waals surface area contributed by atoms with Gasteiger partial charge in [0.15, 0.2) is 0 Å². The van der Waals surface area contributed by atoms with Crippen molar-refractivity contribution in [2.75, 3.05) is 32.9 Å². The molecule has 0 spiro atoms. The SMILES string of the molecule is OC[C@]12COCC[C@H]1CN(Cc1ccc(-c3ccccn3)cc1)C2. The van der Waals surface area contributed by atoms with E-state index in [-0.39, 0.29) is 12.0 Å². The van der Waals surface area contributed by atoms with Crippen LogP contribution in [0.2, 0.25) is 0 Å². The maximum absolute atomic E-state index is 9.88. The zero-order valence-electron chi connectivity index (χ0n) is 13.9. The molecule has 24 heavy (non-hydrogen) atoms. The smallest absolute Gasteiger partial charge is 0.0701 e. The number of likely N-dealkylation sites (tertiary alicyclic amines) is 1. The summed E-state index contributed by atoms with van der Waals surface area (Å²) in [7, 11) is 0. The Morgan fingerprint density at radius 1 is 1.21 bits per heavy atom. The largest absolute Gasteiger partial charge is 0.396 e. The van der Waals surface area contributed by atoms with Crippen molar-refractivity contribution >= 4 is 0 Å². The first-order valence-corrected chi connectivity index (χ1v) is 8.70. The third-order valence-corrected chi connectivity index (χ3v) is 5.52. The Morgan fingerprint density at radius 3 is 2.79 bits per heavy atom. The molecule has 0 unspecified atom stereocenters. The normalized spacial score (nSPS) is 27.1. The lowest BCUT2D eigenvalue weighted by atomic mass is 9.76. The van der Waals surface area contributed by atoms with Crippen LogP contribution in [-0.2, 0) is 11.3 Å².